The number of fused-ring (bicyclic) bond motifs is 3. The third-order valence-electron chi connectivity index (χ3n) is 5.45. The monoisotopic (exact) mass is 405 g/mol. The fourth-order valence-corrected chi connectivity index (χ4v) is 4.25. The molecule has 1 aliphatic carbocycles. The highest BCUT2D eigenvalue weighted by Crippen LogP contribution is 2.47. The predicted octanol–water partition coefficient (Wildman–Crippen LogP) is 3.06. The van der Waals surface area contributed by atoms with Crippen LogP contribution in [0.4, 0.5) is 18.0 Å². The molecule has 1 aliphatic heterocycles. The van der Waals surface area contributed by atoms with Gasteiger partial charge in [-0.1, -0.05) is 48.5 Å². The first-order valence-electron chi connectivity index (χ1n) is 9.08. The molecule has 1 atom stereocenters. The Labute approximate surface area is 164 Å². The summed E-state index contributed by atoms with van der Waals surface area (Å²) in [6, 6.07) is 14.6. The molecule has 1 unspecified atom stereocenters. The largest absolute Gasteiger partial charge is 0.472 e. The normalized spacial score (nSPS) is 19.6. The van der Waals surface area contributed by atoms with Crippen molar-refractivity contribution in [2.24, 2.45) is 0 Å². The van der Waals surface area contributed by atoms with Crippen LogP contribution in [0.5, 0.6) is 0 Å². The summed E-state index contributed by atoms with van der Waals surface area (Å²) >= 11 is 0. The average molecular weight is 405 g/mol. The maximum absolute atomic E-state index is 12.7. The van der Waals surface area contributed by atoms with Crippen molar-refractivity contribution in [3.8, 4) is 11.1 Å². The number of piperazine rings is 1. The van der Waals surface area contributed by atoms with Crippen molar-refractivity contribution >= 4 is 12.0 Å². The fraction of sp³-hybridized carbons (Fsp3) is 0.300. The van der Waals surface area contributed by atoms with Crippen molar-refractivity contribution in [1.29, 1.82) is 0 Å². The van der Waals surface area contributed by atoms with E-state index >= 15 is 0 Å². The minimum Gasteiger partial charge on any atom is -0.465 e. The number of hydrogen-bond acceptors (Lipinski definition) is 3. The zero-order valence-electron chi connectivity index (χ0n) is 15.2. The van der Waals surface area contributed by atoms with Gasteiger partial charge in [-0.25, -0.2) is 9.80 Å². The molecule has 4 rings (SSSR count). The van der Waals surface area contributed by atoms with Gasteiger partial charge in [0, 0.05) is 25.6 Å². The molecule has 2 N–H and O–H groups in total. The van der Waals surface area contributed by atoms with Gasteiger partial charge in [-0.3, -0.25) is 10.2 Å². The van der Waals surface area contributed by atoms with E-state index in [1.807, 2.05) is 54.0 Å². The summed E-state index contributed by atoms with van der Waals surface area (Å²) in [5.74, 6) is -2.41. The molecular formula is C20H18F3N3O3. The van der Waals surface area contributed by atoms with Crippen LogP contribution < -0.4 is 5.43 Å². The first-order valence-corrected chi connectivity index (χ1v) is 9.08. The van der Waals surface area contributed by atoms with Crippen LogP contribution in [0, 0.1) is 0 Å². The minimum absolute atomic E-state index is 0.0149. The summed E-state index contributed by atoms with van der Waals surface area (Å²) in [7, 11) is 0. The van der Waals surface area contributed by atoms with E-state index in [4.69, 9.17) is 0 Å². The van der Waals surface area contributed by atoms with Gasteiger partial charge in [0.15, 0.2) is 0 Å². The SMILES string of the molecule is O=C(O)N1CCN(NC(=O)C(F)(F)F)CC1C1c2ccccc2-c2ccccc21. The topological polar surface area (TPSA) is 72.9 Å². The van der Waals surface area contributed by atoms with Crippen LogP contribution in [0.3, 0.4) is 0 Å². The summed E-state index contributed by atoms with van der Waals surface area (Å²) in [6.45, 7) is -0.0962. The van der Waals surface area contributed by atoms with E-state index in [1.54, 1.807) is 0 Å². The number of rotatable bonds is 2. The third kappa shape index (κ3) is 3.42. The van der Waals surface area contributed by atoms with Crippen LogP contribution in [0.25, 0.3) is 11.1 Å². The quantitative estimate of drug-likeness (QED) is 0.806. The van der Waals surface area contributed by atoms with Crippen molar-refractivity contribution in [1.82, 2.24) is 15.3 Å². The van der Waals surface area contributed by atoms with Gasteiger partial charge in [-0.05, 0) is 22.3 Å². The number of carbonyl (C=O) groups is 2. The average Bonchev–Trinajstić information content (AvgIpc) is 3.01. The van der Waals surface area contributed by atoms with E-state index in [2.05, 4.69) is 0 Å². The zero-order chi connectivity index (χ0) is 20.8. The molecule has 2 amide bonds. The minimum atomic E-state index is -5.01. The first-order chi connectivity index (χ1) is 13.8. The predicted molar refractivity (Wildman–Crippen MR) is 98.0 cm³/mol. The van der Waals surface area contributed by atoms with E-state index in [1.165, 1.54) is 4.90 Å². The molecule has 152 valence electrons. The zero-order valence-corrected chi connectivity index (χ0v) is 15.2. The van der Waals surface area contributed by atoms with Gasteiger partial charge < -0.3 is 10.0 Å². The number of nitrogens with zero attached hydrogens (tertiary/aromatic N) is 2. The highest BCUT2D eigenvalue weighted by Gasteiger charge is 2.44. The summed E-state index contributed by atoms with van der Waals surface area (Å²) in [5.41, 5.74) is 5.68. The number of carboxylic acid groups (broad SMARTS) is 1. The Morgan fingerprint density at radius 3 is 2.03 bits per heavy atom. The number of amides is 2. The van der Waals surface area contributed by atoms with E-state index in [0.29, 0.717) is 0 Å². The van der Waals surface area contributed by atoms with Crippen LogP contribution in [0.2, 0.25) is 0 Å². The van der Waals surface area contributed by atoms with Gasteiger partial charge in [0.05, 0.1) is 6.04 Å². The lowest BCUT2D eigenvalue weighted by Gasteiger charge is -2.43. The van der Waals surface area contributed by atoms with Gasteiger partial charge in [0.2, 0.25) is 0 Å². The highest BCUT2D eigenvalue weighted by molar-refractivity contribution is 5.81. The van der Waals surface area contributed by atoms with Crippen LogP contribution >= 0.6 is 0 Å². The molecule has 2 aromatic rings. The van der Waals surface area contributed by atoms with E-state index in [-0.39, 0.29) is 25.6 Å². The summed E-state index contributed by atoms with van der Waals surface area (Å²) in [5, 5.41) is 10.9. The summed E-state index contributed by atoms with van der Waals surface area (Å²) in [6.07, 6.45) is -6.15. The Kier molecular flexibility index (Phi) is 4.70. The number of alkyl halides is 3. The van der Waals surface area contributed by atoms with E-state index in [0.717, 1.165) is 27.3 Å². The molecule has 0 aromatic heterocycles. The van der Waals surface area contributed by atoms with Crippen LogP contribution in [0.15, 0.2) is 48.5 Å². The second kappa shape index (κ2) is 7.07. The number of carbonyl (C=O) groups excluding carboxylic acids is 1. The summed E-state index contributed by atoms with van der Waals surface area (Å²) < 4.78 is 38.0. The van der Waals surface area contributed by atoms with Crippen molar-refractivity contribution < 1.29 is 27.9 Å². The van der Waals surface area contributed by atoms with Crippen molar-refractivity contribution in [2.75, 3.05) is 19.6 Å². The van der Waals surface area contributed by atoms with Crippen LogP contribution in [-0.2, 0) is 4.79 Å². The molecule has 0 radical (unpaired) electrons. The number of halogens is 3. The van der Waals surface area contributed by atoms with Crippen molar-refractivity contribution in [3.05, 3.63) is 59.7 Å². The Hall–Kier alpha value is -3.07. The molecule has 1 heterocycles. The van der Waals surface area contributed by atoms with Gasteiger partial charge >= 0.3 is 18.2 Å². The lowest BCUT2D eigenvalue weighted by molar-refractivity contribution is -0.179. The molecular weight excluding hydrogens is 387 g/mol. The van der Waals surface area contributed by atoms with Crippen molar-refractivity contribution in [3.63, 3.8) is 0 Å². The van der Waals surface area contributed by atoms with Gasteiger partial charge in [-0.2, -0.15) is 13.2 Å². The highest BCUT2D eigenvalue weighted by atomic mass is 19.4. The number of benzene rings is 2. The first kappa shape index (κ1) is 19.3. The molecule has 0 saturated carbocycles. The van der Waals surface area contributed by atoms with Gasteiger partial charge in [0.25, 0.3) is 0 Å². The number of hydrazine groups is 1. The maximum Gasteiger partial charge on any atom is 0.472 e. The van der Waals surface area contributed by atoms with Crippen LogP contribution in [-0.4, -0.2) is 58.9 Å². The molecule has 29 heavy (non-hydrogen) atoms. The lowest BCUT2D eigenvalue weighted by atomic mass is 9.87. The van der Waals surface area contributed by atoms with Gasteiger partial charge in [-0.15, -0.1) is 0 Å². The molecule has 0 spiro atoms. The second-order valence-electron chi connectivity index (χ2n) is 7.08. The third-order valence-corrected chi connectivity index (χ3v) is 5.45. The van der Waals surface area contributed by atoms with E-state index < -0.39 is 24.2 Å². The molecule has 6 nitrogen and oxygen atoms in total. The van der Waals surface area contributed by atoms with Gasteiger partial charge in [0.1, 0.15) is 0 Å². The summed E-state index contributed by atoms with van der Waals surface area (Å²) in [4.78, 5) is 24.5. The fourth-order valence-electron chi connectivity index (χ4n) is 4.25. The standard InChI is InChI=1S/C20H18F3N3O3/c21-20(22,23)18(27)24-25-9-10-26(19(28)29)16(11-25)17-14-7-3-1-5-12(14)13-6-2-4-8-15(13)17/h1-8,16-17H,9-11H2,(H,24,27)(H,28,29). The maximum atomic E-state index is 12.7. The number of hydrogen-bond donors (Lipinski definition) is 2. The Balaban J connectivity index is 1.70. The van der Waals surface area contributed by atoms with E-state index in [9.17, 15) is 27.9 Å². The lowest BCUT2D eigenvalue weighted by Crippen LogP contribution is -2.62. The molecule has 0 bridgehead atoms. The smallest absolute Gasteiger partial charge is 0.465 e. The number of nitrogens with one attached hydrogen (secondary N) is 1. The Morgan fingerprint density at radius 1 is 0.966 bits per heavy atom. The van der Waals surface area contributed by atoms with Crippen LogP contribution in [0.1, 0.15) is 17.0 Å². The Morgan fingerprint density at radius 2 is 1.52 bits per heavy atom. The second-order valence-corrected chi connectivity index (χ2v) is 7.08. The molecule has 2 aromatic carbocycles. The Bertz CT molecular complexity index is 918. The molecule has 2 aliphatic rings. The molecule has 9 heteroatoms. The molecule has 1 saturated heterocycles. The molecule has 1 fully saturated rings. The van der Waals surface area contributed by atoms with Crippen molar-refractivity contribution in [2.45, 2.75) is 18.1 Å².